The first-order valence-corrected chi connectivity index (χ1v) is 12.9. The summed E-state index contributed by atoms with van der Waals surface area (Å²) in [6.45, 7) is 13.7. The minimum atomic E-state index is -0.0225. The van der Waals surface area contributed by atoms with Crippen LogP contribution in [0.25, 0.3) is 6.08 Å². The molecule has 0 saturated carbocycles. The van der Waals surface area contributed by atoms with Crippen LogP contribution in [0.2, 0.25) is 0 Å². The summed E-state index contributed by atoms with van der Waals surface area (Å²) in [6, 6.07) is 14.5. The smallest absolute Gasteiger partial charge is 0.246 e. The van der Waals surface area contributed by atoms with Gasteiger partial charge in [-0.25, -0.2) is 0 Å². The highest BCUT2D eigenvalue weighted by Crippen LogP contribution is 2.20. The monoisotopic (exact) mass is 499 g/mol. The molecule has 2 aromatic carbocycles. The number of nitrogens with zero attached hydrogens (tertiary/aromatic N) is 4. The molecular weight excluding hydrogens is 462 g/mol. The molecule has 1 aliphatic heterocycles. The highest BCUT2D eigenvalue weighted by Gasteiger charge is 2.22. The Morgan fingerprint density at radius 3 is 2.22 bits per heavy atom. The average molecular weight is 500 g/mol. The van der Waals surface area contributed by atoms with Crippen molar-refractivity contribution in [3.63, 3.8) is 0 Å². The van der Waals surface area contributed by atoms with Gasteiger partial charge in [0, 0.05) is 49.2 Å². The first kappa shape index (κ1) is 26.4. The molecule has 1 aliphatic rings. The Balaban J connectivity index is 1.29. The van der Waals surface area contributed by atoms with Crippen LogP contribution in [-0.4, -0.2) is 64.1 Å². The van der Waals surface area contributed by atoms with Crippen LogP contribution in [0, 0.1) is 34.6 Å². The third-order valence-electron chi connectivity index (χ3n) is 7.08. The normalized spacial score (nSPS) is 14.4. The van der Waals surface area contributed by atoms with E-state index in [-0.39, 0.29) is 11.8 Å². The third kappa shape index (κ3) is 6.54. The third-order valence-corrected chi connectivity index (χ3v) is 7.08. The number of carbonyl (C=O) groups excluding carboxylic acids is 2. The topological polar surface area (TPSA) is 70.5 Å². The Labute approximate surface area is 219 Å². The molecule has 194 valence electrons. The lowest BCUT2D eigenvalue weighted by atomic mass is 10.1. The summed E-state index contributed by atoms with van der Waals surface area (Å²) in [4.78, 5) is 29.4. The number of rotatable bonds is 7. The van der Waals surface area contributed by atoms with Gasteiger partial charge in [0.15, 0.2) is 0 Å². The lowest BCUT2D eigenvalue weighted by Crippen LogP contribution is -2.50. The summed E-state index contributed by atoms with van der Waals surface area (Å²) in [7, 11) is 0. The molecule has 1 fully saturated rings. The van der Waals surface area contributed by atoms with Gasteiger partial charge in [-0.1, -0.05) is 48.0 Å². The van der Waals surface area contributed by atoms with E-state index in [1.165, 1.54) is 11.1 Å². The maximum Gasteiger partial charge on any atom is 0.246 e. The van der Waals surface area contributed by atoms with Crippen LogP contribution in [0.15, 0.2) is 48.5 Å². The molecule has 1 aromatic heterocycles. The number of hydrogen-bond acceptors (Lipinski definition) is 4. The molecule has 0 unspecified atom stereocenters. The molecule has 0 radical (unpaired) electrons. The van der Waals surface area contributed by atoms with E-state index < -0.39 is 0 Å². The van der Waals surface area contributed by atoms with Gasteiger partial charge >= 0.3 is 0 Å². The van der Waals surface area contributed by atoms with Crippen LogP contribution in [0.3, 0.4) is 0 Å². The van der Waals surface area contributed by atoms with Crippen molar-refractivity contribution in [1.82, 2.24) is 19.6 Å². The van der Waals surface area contributed by atoms with Gasteiger partial charge in [0.25, 0.3) is 0 Å². The Morgan fingerprint density at radius 1 is 0.919 bits per heavy atom. The number of aryl methyl sites for hydroxylation is 4. The fraction of sp³-hybridized carbons (Fsp3) is 0.367. The van der Waals surface area contributed by atoms with Gasteiger partial charge in [-0.2, -0.15) is 5.10 Å². The number of anilines is 1. The highest BCUT2D eigenvalue weighted by molar-refractivity contribution is 5.94. The van der Waals surface area contributed by atoms with Crippen LogP contribution >= 0.6 is 0 Å². The first-order chi connectivity index (χ1) is 17.7. The average Bonchev–Trinajstić information content (AvgIpc) is 3.13. The van der Waals surface area contributed by atoms with Crippen molar-refractivity contribution < 1.29 is 9.59 Å². The van der Waals surface area contributed by atoms with E-state index in [4.69, 9.17) is 5.10 Å². The number of nitrogens with one attached hydrogen (secondary N) is 1. The maximum absolute atomic E-state index is 12.9. The summed E-state index contributed by atoms with van der Waals surface area (Å²) in [5.41, 5.74) is 8.38. The minimum absolute atomic E-state index is 0.00952. The van der Waals surface area contributed by atoms with Crippen LogP contribution in [-0.2, 0) is 16.1 Å². The zero-order valence-electron chi connectivity index (χ0n) is 22.5. The molecular formula is C30H37N5O2. The lowest BCUT2D eigenvalue weighted by molar-refractivity contribution is -0.127. The van der Waals surface area contributed by atoms with E-state index in [0.717, 1.165) is 33.8 Å². The number of hydrogen-bond donors (Lipinski definition) is 1. The summed E-state index contributed by atoms with van der Waals surface area (Å²) in [5, 5.41) is 7.74. The minimum Gasteiger partial charge on any atom is -0.337 e. The molecule has 0 spiro atoms. The second kappa shape index (κ2) is 11.6. The molecule has 2 amide bonds. The fourth-order valence-electron chi connectivity index (χ4n) is 4.75. The Hall–Kier alpha value is -3.71. The standard InChI is InChI=1S/C30H37N5O2/c1-21-9-11-26(12-10-21)19-35-25(5)27(24(4)32-35)13-14-29(37)34-17-15-33(16-18-34)20-28(36)31-30-22(2)7-6-8-23(30)3/h6-14H,15-20H2,1-5H3,(H,31,36)/b14-13+. The Morgan fingerprint density at radius 2 is 1.57 bits per heavy atom. The molecule has 2 heterocycles. The molecule has 7 heteroatoms. The number of aromatic nitrogens is 2. The van der Waals surface area contributed by atoms with E-state index in [0.29, 0.717) is 39.3 Å². The lowest BCUT2D eigenvalue weighted by Gasteiger charge is -2.33. The van der Waals surface area contributed by atoms with Crippen molar-refractivity contribution in [3.8, 4) is 0 Å². The van der Waals surface area contributed by atoms with Gasteiger partial charge in [-0.15, -0.1) is 0 Å². The van der Waals surface area contributed by atoms with Crippen molar-refractivity contribution in [1.29, 1.82) is 0 Å². The molecule has 0 aliphatic carbocycles. The molecule has 4 rings (SSSR count). The number of piperazine rings is 1. The number of para-hydroxylation sites is 1. The summed E-state index contributed by atoms with van der Waals surface area (Å²) >= 11 is 0. The predicted octanol–water partition coefficient (Wildman–Crippen LogP) is 4.27. The van der Waals surface area contributed by atoms with Crippen molar-refractivity contribution >= 4 is 23.6 Å². The van der Waals surface area contributed by atoms with Gasteiger partial charge in [-0.3, -0.25) is 19.2 Å². The number of benzene rings is 2. The zero-order chi connectivity index (χ0) is 26.5. The number of carbonyl (C=O) groups is 2. The van der Waals surface area contributed by atoms with Crippen molar-refractivity contribution in [2.24, 2.45) is 0 Å². The van der Waals surface area contributed by atoms with Crippen LogP contribution in [0.1, 0.15) is 39.2 Å². The van der Waals surface area contributed by atoms with E-state index in [2.05, 4.69) is 41.4 Å². The van der Waals surface area contributed by atoms with Gasteiger partial charge < -0.3 is 10.2 Å². The second-order valence-corrected chi connectivity index (χ2v) is 9.98. The number of amides is 2. The molecule has 0 bridgehead atoms. The molecule has 1 N–H and O–H groups in total. The maximum atomic E-state index is 12.9. The van der Waals surface area contributed by atoms with E-state index >= 15 is 0 Å². The Kier molecular flexibility index (Phi) is 8.24. The molecule has 7 nitrogen and oxygen atoms in total. The van der Waals surface area contributed by atoms with Gasteiger partial charge in [0.05, 0.1) is 18.8 Å². The highest BCUT2D eigenvalue weighted by atomic mass is 16.2. The summed E-state index contributed by atoms with van der Waals surface area (Å²) < 4.78 is 1.99. The van der Waals surface area contributed by atoms with Gasteiger partial charge in [-0.05, 0) is 57.4 Å². The zero-order valence-corrected chi connectivity index (χ0v) is 22.5. The molecule has 37 heavy (non-hydrogen) atoms. The quantitative estimate of drug-likeness (QED) is 0.493. The van der Waals surface area contributed by atoms with Crippen LogP contribution in [0.4, 0.5) is 5.69 Å². The fourth-order valence-corrected chi connectivity index (χ4v) is 4.75. The SMILES string of the molecule is Cc1ccc(Cn2nc(C)c(/C=C/C(=O)N3CCN(CC(=O)Nc4c(C)cccc4C)CC3)c2C)cc1. The van der Waals surface area contributed by atoms with E-state index in [1.54, 1.807) is 6.08 Å². The van der Waals surface area contributed by atoms with Crippen LogP contribution < -0.4 is 5.32 Å². The van der Waals surface area contributed by atoms with Crippen LogP contribution in [0.5, 0.6) is 0 Å². The van der Waals surface area contributed by atoms with E-state index in [1.807, 2.05) is 61.6 Å². The molecule has 1 saturated heterocycles. The molecule has 0 atom stereocenters. The van der Waals surface area contributed by atoms with Crippen molar-refractivity contribution in [2.75, 3.05) is 38.0 Å². The van der Waals surface area contributed by atoms with Gasteiger partial charge in [0.2, 0.25) is 11.8 Å². The second-order valence-electron chi connectivity index (χ2n) is 9.98. The van der Waals surface area contributed by atoms with E-state index in [9.17, 15) is 9.59 Å². The van der Waals surface area contributed by atoms with Crippen molar-refractivity contribution in [2.45, 2.75) is 41.2 Å². The Bertz CT molecular complexity index is 1280. The first-order valence-electron chi connectivity index (χ1n) is 12.9. The molecule has 3 aromatic rings. The largest absolute Gasteiger partial charge is 0.337 e. The summed E-state index contributed by atoms with van der Waals surface area (Å²) in [5.74, 6) is -0.0320. The van der Waals surface area contributed by atoms with Gasteiger partial charge in [0.1, 0.15) is 0 Å². The summed E-state index contributed by atoms with van der Waals surface area (Å²) in [6.07, 6.45) is 3.53. The van der Waals surface area contributed by atoms with Crippen molar-refractivity contribution in [3.05, 3.63) is 87.7 Å². The predicted molar refractivity (Wildman–Crippen MR) is 149 cm³/mol.